The van der Waals surface area contributed by atoms with Crippen molar-refractivity contribution in [3.63, 3.8) is 0 Å². The Balaban J connectivity index is 2.09. The van der Waals surface area contributed by atoms with E-state index in [1.807, 2.05) is 0 Å². The predicted octanol–water partition coefficient (Wildman–Crippen LogP) is 3.57. The summed E-state index contributed by atoms with van der Waals surface area (Å²) in [5, 5.41) is 0. The molecule has 1 heterocycles. The van der Waals surface area contributed by atoms with Crippen molar-refractivity contribution in [2.45, 2.75) is 65.1 Å². The lowest BCUT2D eigenvalue weighted by Gasteiger charge is -2.31. The summed E-state index contributed by atoms with van der Waals surface area (Å²) in [7, 11) is 0. The number of nitrogens with zero attached hydrogens (tertiary/aromatic N) is 1. The Labute approximate surface area is 118 Å². The topological polar surface area (TPSA) is 29.3 Å². The van der Waals surface area contributed by atoms with Gasteiger partial charge in [0.05, 0.1) is 0 Å². The summed E-state index contributed by atoms with van der Waals surface area (Å²) in [6.07, 6.45) is 3.89. The third kappa shape index (κ3) is 3.18. The minimum absolute atomic E-state index is 0.134. The molecule has 0 saturated carbocycles. The Bertz CT molecular complexity index is 427. The first-order valence-electron chi connectivity index (χ1n) is 7.61. The van der Waals surface area contributed by atoms with Gasteiger partial charge < -0.3 is 5.73 Å². The molecule has 1 fully saturated rings. The van der Waals surface area contributed by atoms with Crippen LogP contribution in [0.1, 0.15) is 55.8 Å². The van der Waals surface area contributed by atoms with Gasteiger partial charge in [-0.25, -0.2) is 0 Å². The van der Waals surface area contributed by atoms with Gasteiger partial charge in [0, 0.05) is 24.7 Å². The number of benzene rings is 1. The van der Waals surface area contributed by atoms with Gasteiger partial charge in [0.1, 0.15) is 0 Å². The molecule has 0 amide bonds. The average Bonchev–Trinajstić information content (AvgIpc) is 2.70. The van der Waals surface area contributed by atoms with Crippen LogP contribution in [0.15, 0.2) is 18.2 Å². The summed E-state index contributed by atoms with van der Waals surface area (Å²) >= 11 is 0. The Morgan fingerprint density at radius 3 is 2.68 bits per heavy atom. The zero-order valence-electron chi connectivity index (χ0n) is 12.8. The predicted molar refractivity (Wildman–Crippen MR) is 82.3 cm³/mol. The highest BCUT2D eigenvalue weighted by molar-refractivity contribution is 5.32. The molecule has 1 saturated heterocycles. The maximum absolute atomic E-state index is 6.46. The highest BCUT2D eigenvalue weighted by atomic mass is 15.2. The van der Waals surface area contributed by atoms with E-state index in [-0.39, 0.29) is 6.04 Å². The SMILES string of the molecule is CCC1CCC(C)N1CC(N)c1ccc(C)cc1C. The largest absolute Gasteiger partial charge is 0.323 e. The summed E-state index contributed by atoms with van der Waals surface area (Å²) in [5.74, 6) is 0. The van der Waals surface area contributed by atoms with E-state index in [0.717, 1.165) is 12.6 Å². The molecule has 0 aromatic heterocycles. The van der Waals surface area contributed by atoms with Crippen LogP contribution >= 0.6 is 0 Å². The normalized spacial score (nSPS) is 25.7. The van der Waals surface area contributed by atoms with Gasteiger partial charge in [0.2, 0.25) is 0 Å². The Morgan fingerprint density at radius 2 is 2.05 bits per heavy atom. The second kappa shape index (κ2) is 6.06. The first-order chi connectivity index (χ1) is 9.02. The smallest absolute Gasteiger partial charge is 0.0427 e. The Morgan fingerprint density at radius 1 is 1.32 bits per heavy atom. The molecule has 1 aromatic carbocycles. The molecule has 1 aliphatic heterocycles. The van der Waals surface area contributed by atoms with Crippen molar-refractivity contribution in [3.05, 3.63) is 34.9 Å². The van der Waals surface area contributed by atoms with E-state index >= 15 is 0 Å². The zero-order chi connectivity index (χ0) is 14.0. The van der Waals surface area contributed by atoms with Gasteiger partial charge in [-0.15, -0.1) is 0 Å². The molecule has 2 rings (SSSR count). The molecule has 1 aliphatic rings. The second-order valence-electron chi connectivity index (χ2n) is 6.15. The van der Waals surface area contributed by atoms with Crippen molar-refractivity contribution in [1.82, 2.24) is 4.90 Å². The molecule has 2 N–H and O–H groups in total. The molecule has 3 atom stereocenters. The van der Waals surface area contributed by atoms with Crippen molar-refractivity contribution in [2.75, 3.05) is 6.54 Å². The van der Waals surface area contributed by atoms with Crippen LogP contribution in [0.5, 0.6) is 0 Å². The number of nitrogens with two attached hydrogens (primary N) is 1. The summed E-state index contributed by atoms with van der Waals surface area (Å²) in [6.45, 7) is 9.93. The number of aryl methyl sites for hydroxylation is 2. The molecule has 106 valence electrons. The van der Waals surface area contributed by atoms with Crippen LogP contribution in [-0.4, -0.2) is 23.5 Å². The maximum Gasteiger partial charge on any atom is 0.0427 e. The third-order valence-corrected chi connectivity index (χ3v) is 4.66. The maximum atomic E-state index is 6.46. The Hall–Kier alpha value is -0.860. The highest BCUT2D eigenvalue weighted by Crippen LogP contribution is 2.28. The average molecular weight is 260 g/mol. The van der Waals surface area contributed by atoms with Gasteiger partial charge in [-0.1, -0.05) is 30.7 Å². The second-order valence-corrected chi connectivity index (χ2v) is 6.15. The van der Waals surface area contributed by atoms with Crippen LogP contribution in [0.2, 0.25) is 0 Å². The standard InChI is InChI=1S/C17H28N2/c1-5-15-8-7-14(4)19(15)11-17(18)16-9-6-12(2)10-13(16)3/h6,9-10,14-15,17H,5,7-8,11,18H2,1-4H3. The summed E-state index contributed by atoms with van der Waals surface area (Å²) < 4.78 is 0. The van der Waals surface area contributed by atoms with E-state index in [0.29, 0.717) is 6.04 Å². The molecule has 0 radical (unpaired) electrons. The van der Waals surface area contributed by atoms with Crippen LogP contribution in [0.25, 0.3) is 0 Å². The first kappa shape index (κ1) is 14.5. The monoisotopic (exact) mass is 260 g/mol. The molecule has 2 nitrogen and oxygen atoms in total. The number of rotatable bonds is 4. The van der Waals surface area contributed by atoms with Gasteiger partial charge in [-0.05, 0) is 51.2 Å². The van der Waals surface area contributed by atoms with E-state index in [2.05, 4.69) is 50.8 Å². The lowest BCUT2D eigenvalue weighted by Crippen LogP contribution is -2.39. The fraction of sp³-hybridized carbons (Fsp3) is 0.647. The highest BCUT2D eigenvalue weighted by Gasteiger charge is 2.30. The van der Waals surface area contributed by atoms with Crippen molar-refractivity contribution in [1.29, 1.82) is 0 Å². The minimum Gasteiger partial charge on any atom is -0.323 e. The summed E-state index contributed by atoms with van der Waals surface area (Å²) in [4.78, 5) is 2.62. The van der Waals surface area contributed by atoms with Gasteiger partial charge in [0.25, 0.3) is 0 Å². The van der Waals surface area contributed by atoms with Crippen LogP contribution < -0.4 is 5.73 Å². The summed E-state index contributed by atoms with van der Waals surface area (Å²) in [5.41, 5.74) is 10.4. The molecule has 0 aliphatic carbocycles. The molecule has 3 unspecified atom stereocenters. The molecule has 0 spiro atoms. The van der Waals surface area contributed by atoms with Crippen molar-refractivity contribution in [2.24, 2.45) is 5.73 Å². The van der Waals surface area contributed by atoms with Crippen LogP contribution in [-0.2, 0) is 0 Å². The van der Waals surface area contributed by atoms with Gasteiger partial charge in [0.15, 0.2) is 0 Å². The fourth-order valence-electron chi connectivity index (χ4n) is 3.46. The van der Waals surface area contributed by atoms with Crippen LogP contribution in [0, 0.1) is 13.8 Å². The number of likely N-dealkylation sites (tertiary alicyclic amines) is 1. The van der Waals surface area contributed by atoms with Crippen molar-refractivity contribution < 1.29 is 0 Å². The van der Waals surface area contributed by atoms with Crippen molar-refractivity contribution in [3.8, 4) is 0 Å². The minimum atomic E-state index is 0.134. The lowest BCUT2D eigenvalue weighted by atomic mass is 9.99. The van der Waals surface area contributed by atoms with Crippen LogP contribution in [0.3, 0.4) is 0 Å². The fourth-order valence-corrected chi connectivity index (χ4v) is 3.46. The number of hydrogen-bond acceptors (Lipinski definition) is 2. The molecule has 2 heteroatoms. The molecule has 1 aromatic rings. The molecular weight excluding hydrogens is 232 g/mol. The third-order valence-electron chi connectivity index (χ3n) is 4.66. The molecular formula is C17H28N2. The van der Waals surface area contributed by atoms with E-state index in [4.69, 9.17) is 5.73 Å². The lowest BCUT2D eigenvalue weighted by molar-refractivity contribution is 0.186. The van der Waals surface area contributed by atoms with Gasteiger partial charge in [-0.3, -0.25) is 4.90 Å². The molecule has 19 heavy (non-hydrogen) atoms. The Kier molecular flexibility index (Phi) is 4.64. The van der Waals surface area contributed by atoms with Gasteiger partial charge >= 0.3 is 0 Å². The van der Waals surface area contributed by atoms with E-state index in [1.54, 1.807) is 0 Å². The quantitative estimate of drug-likeness (QED) is 0.897. The van der Waals surface area contributed by atoms with E-state index < -0.39 is 0 Å². The molecule has 0 bridgehead atoms. The summed E-state index contributed by atoms with van der Waals surface area (Å²) in [6, 6.07) is 8.16. The van der Waals surface area contributed by atoms with E-state index in [1.165, 1.54) is 36.0 Å². The van der Waals surface area contributed by atoms with E-state index in [9.17, 15) is 0 Å². The first-order valence-corrected chi connectivity index (χ1v) is 7.61. The zero-order valence-corrected chi connectivity index (χ0v) is 12.8. The van der Waals surface area contributed by atoms with Crippen LogP contribution in [0.4, 0.5) is 0 Å². The van der Waals surface area contributed by atoms with Crippen molar-refractivity contribution >= 4 is 0 Å². The number of hydrogen-bond donors (Lipinski definition) is 1. The van der Waals surface area contributed by atoms with Gasteiger partial charge in [-0.2, -0.15) is 0 Å².